The summed E-state index contributed by atoms with van der Waals surface area (Å²) >= 11 is 0. The van der Waals surface area contributed by atoms with E-state index in [-0.39, 0.29) is 5.91 Å². The first-order valence-electron chi connectivity index (χ1n) is 7.71. The van der Waals surface area contributed by atoms with E-state index in [4.69, 9.17) is 9.26 Å². The van der Waals surface area contributed by atoms with E-state index in [2.05, 4.69) is 15.5 Å². The first-order chi connectivity index (χ1) is 11.6. The van der Waals surface area contributed by atoms with Crippen LogP contribution in [0.15, 0.2) is 34.9 Å². The van der Waals surface area contributed by atoms with E-state index < -0.39 is 0 Å². The van der Waals surface area contributed by atoms with Crippen LogP contribution >= 0.6 is 0 Å². The molecule has 0 saturated carbocycles. The molecule has 0 atom stereocenters. The van der Waals surface area contributed by atoms with Gasteiger partial charge in [-0.25, -0.2) is 4.98 Å². The van der Waals surface area contributed by atoms with Gasteiger partial charge in [-0.2, -0.15) is 0 Å². The topological polar surface area (TPSA) is 77.2 Å². The average molecular weight is 325 g/mol. The minimum atomic E-state index is -0.195. The number of nitrogens with one attached hydrogen (secondary N) is 1. The molecule has 0 aliphatic rings. The molecule has 0 radical (unpaired) electrons. The monoisotopic (exact) mass is 325 g/mol. The van der Waals surface area contributed by atoms with Crippen LogP contribution in [0.25, 0.3) is 22.4 Å². The van der Waals surface area contributed by atoms with Crippen LogP contribution in [0, 0.1) is 13.8 Å². The van der Waals surface area contributed by atoms with Crippen LogP contribution in [0.5, 0.6) is 0 Å². The quantitative estimate of drug-likeness (QED) is 0.730. The SMILES string of the molecule is COCCNC(=O)c1cc(-c2ccc(C)cc2)nc2onc(C)c12. The van der Waals surface area contributed by atoms with Crippen LogP contribution < -0.4 is 5.32 Å². The second-order valence-electron chi connectivity index (χ2n) is 5.62. The maximum absolute atomic E-state index is 12.6. The Balaban J connectivity index is 2.06. The average Bonchev–Trinajstić information content (AvgIpc) is 2.96. The number of carbonyl (C=O) groups excluding carboxylic acids is 1. The summed E-state index contributed by atoms with van der Waals surface area (Å²) in [5.41, 5.74) is 4.27. The third-order valence-corrected chi connectivity index (χ3v) is 3.80. The molecule has 0 spiro atoms. The van der Waals surface area contributed by atoms with Gasteiger partial charge in [0, 0.05) is 19.2 Å². The summed E-state index contributed by atoms with van der Waals surface area (Å²) in [7, 11) is 1.59. The number of aromatic nitrogens is 2. The lowest BCUT2D eigenvalue weighted by molar-refractivity contribution is 0.0938. The van der Waals surface area contributed by atoms with E-state index in [0.29, 0.717) is 41.2 Å². The van der Waals surface area contributed by atoms with Crippen LogP contribution in [0.1, 0.15) is 21.6 Å². The third kappa shape index (κ3) is 3.14. The predicted molar refractivity (Wildman–Crippen MR) is 90.9 cm³/mol. The van der Waals surface area contributed by atoms with Gasteiger partial charge in [-0.3, -0.25) is 4.79 Å². The number of carbonyl (C=O) groups is 1. The molecule has 1 amide bonds. The highest BCUT2D eigenvalue weighted by atomic mass is 16.5. The fraction of sp³-hybridized carbons (Fsp3) is 0.278. The normalized spacial score (nSPS) is 11.0. The Morgan fingerprint density at radius 3 is 2.71 bits per heavy atom. The van der Waals surface area contributed by atoms with Gasteiger partial charge in [0.05, 0.1) is 28.9 Å². The molecule has 0 fully saturated rings. The van der Waals surface area contributed by atoms with Crippen molar-refractivity contribution in [3.63, 3.8) is 0 Å². The molecule has 2 aromatic heterocycles. The van der Waals surface area contributed by atoms with Crippen molar-refractivity contribution in [1.82, 2.24) is 15.5 Å². The second-order valence-corrected chi connectivity index (χ2v) is 5.62. The highest BCUT2D eigenvalue weighted by Gasteiger charge is 2.19. The fourth-order valence-electron chi connectivity index (χ4n) is 2.51. The van der Waals surface area contributed by atoms with Crippen LogP contribution in [0.4, 0.5) is 0 Å². The lowest BCUT2D eigenvalue weighted by Gasteiger charge is -2.08. The van der Waals surface area contributed by atoms with E-state index in [1.165, 1.54) is 0 Å². The Morgan fingerprint density at radius 1 is 1.25 bits per heavy atom. The van der Waals surface area contributed by atoms with Crippen LogP contribution in [0.3, 0.4) is 0 Å². The molecule has 0 unspecified atom stereocenters. The number of rotatable bonds is 5. The summed E-state index contributed by atoms with van der Waals surface area (Å²) in [6.07, 6.45) is 0. The lowest BCUT2D eigenvalue weighted by atomic mass is 10.0. The largest absolute Gasteiger partial charge is 0.383 e. The summed E-state index contributed by atoms with van der Waals surface area (Å²) in [5.74, 6) is -0.195. The molecule has 124 valence electrons. The Bertz CT molecular complexity index is 869. The second kappa shape index (κ2) is 6.80. The molecule has 2 heterocycles. The van der Waals surface area contributed by atoms with Gasteiger partial charge in [-0.1, -0.05) is 35.0 Å². The van der Waals surface area contributed by atoms with Gasteiger partial charge in [0.25, 0.3) is 11.6 Å². The van der Waals surface area contributed by atoms with E-state index >= 15 is 0 Å². The summed E-state index contributed by atoms with van der Waals surface area (Å²) in [6.45, 7) is 4.70. The molecule has 6 heteroatoms. The zero-order chi connectivity index (χ0) is 17.1. The molecule has 1 aromatic carbocycles. The van der Waals surface area contributed by atoms with Crippen molar-refractivity contribution >= 4 is 17.0 Å². The fourth-order valence-corrected chi connectivity index (χ4v) is 2.51. The highest BCUT2D eigenvalue weighted by molar-refractivity contribution is 6.06. The molecule has 0 aliphatic carbocycles. The molecule has 6 nitrogen and oxygen atoms in total. The first-order valence-corrected chi connectivity index (χ1v) is 7.71. The van der Waals surface area contributed by atoms with Crippen LogP contribution in [0.2, 0.25) is 0 Å². The molecule has 0 aliphatic heterocycles. The zero-order valence-electron chi connectivity index (χ0n) is 13.9. The number of nitrogens with zero attached hydrogens (tertiary/aromatic N) is 2. The van der Waals surface area contributed by atoms with Crippen LogP contribution in [-0.4, -0.2) is 36.3 Å². The van der Waals surface area contributed by atoms with Gasteiger partial charge >= 0.3 is 0 Å². The van der Waals surface area contributed by atoms with E-state index in [0.717, 1.165) is 11.1 Å². The number of ether oxygens (including phenoxy) is 1. The summed E-state index contributed by atoms with van der Waals surface area (Å²) in [6, 6.07) is 9.73. The minimum absolute atomic E-state index is 0.195. The molecule has 24 heavy (non-hydrogen) atoms. The lowest BCUT2D eigenvalue weighted by Crippen LogP contribution is -2.27. The Hall–Kier alpha value is -2.73. The van der Waals surface area contributed by atoms with Crippen molar-refractivity contribution in [2.45, 2.75) is 13.8 Å². The van der Waals surface area contributed by atoms with E-state index in [1.54, 1.807) is 20.1 Å². The van der Waals surface area contributed by atoms with Gasteiger partial charge in [0.15, 0.2) is 0 Å². The summed E-state index contributed by atoms with van der Waals surface area (Å²) in [4.78, 5) is 17.1. The molecule has 1 N–H and O–H groups in total. The predicted octanol–water partition coefficient (Wildman–Crippen LogP) is 2.88. The summed E-state index contributed by atoms with van der Waals surface area (Å²) < 4.78 is 10.3. The number of aryl methyl sites for hydroxylation is 2. The van der Waals surface area contributed by atoms with Crippen molar-refractivity contribution in [2.24, 2.45) is 0 Å². The Kier molecular flexibility index (Phi) is 4.57. The standard InChI is InChI=1S/C18H19N3O3/c1-11-4-6-13(7-5-11)15-10-14(17(22)19-8-9-23-3)16-12(2)21-24-18(16)20-15/h4-7,10H,8-9H2,1-3H3,(H,19,22). The number of amides is 1. The summed E-state index contributed by atoms with van der Waals surface area (Å²) in [5, 5.41) is 7.42. The number of hydrogen-bond acceptors (Lipinski definition) is 5. The van der Waals surface area contributed by atoms with E-state index in [9.17, 15) is 4.79 Å². The number of pyridine rings is 1. The molecule has 0 bridgehead atoms. The van der Waals surface area contributed by atoms with Crippen molar-refractivity contribution in [3.8, 4) is 11.3 Å². The molecular weight excluding hydrogens is 306 g/mol. The van der Waals surface area contributed by atoms with Gasteiger partial charge in [0.2, 0.25) is 0 Å². The zero-order valence-corrected chi connectivity index (χ0v) is 13.9. The third-order valence-electron chi connectivity index (χ3n) is 3.80. The number of benzene rings is 1. The highest BCUT2D eigenvalue weighted by Crippen LogP contribution is 2.27. The van der Waals surface area contributed by atoms with Gasteiger partial charge in [-0.05, 0) is 19.9 Å². The molecule has 0 saturated heterocycles. The molecule has 3 rings (SSSR count). The number of hydrogen-bond donors (Lipinski definition) is 1. The Morgan fingerprint density at radius 2 is 2.00 bits per heavy atom. The van der Waals surface area contributed by atoms with Crippen LogP contribution in [-0.2, 0) is 4.74 Å². The first kappa shape index (κ1) is 16.1. The van der Waals surface area contributed by atoms with Crippen molar-refractivity contribution in [1.29, 1.82) is 0 Å². The smallest absolute Gasteiger partial charge is 0.259 e. The molecule has 3 aromatic rings. The van der Waals surface area contributed by atoms with E-state index in [1.807, 2.05) is 31.2 Å². The van der Waals surface area contributed by atoms with Crippen molar-refractivity contribution in [2.75, 3.05) is 20.3 Å². The number of methoxy groups -OCH3 is 1. The maximum atomic E-state index is 12.6. The van der Waals surface area contributed by atoms with Gasteiger partial charge in [-0.15, -0.1) is 0 Å². The van der Waals surface area contributed by atoms with Crippen molar-refractivity contribution < 1.29 is 14.1 Å². The van der Waals surface area contributed by atoms with Gasteiger partial charge < -0.3 is 14.6 Å². The maximum Gasteiger partial charge on any atom is 0.259 e. The minimum Gasteiger partial charge on any atom is -0.383 e. The van der Waals surface area contributed by atoms with Gasteiger partial charge in [0.1, 0.15) is 0 Å². The molecular formula is C18H19N3O3. The number of fused-ring (bicyclic) bond motifs is 1. The van der Waals surface area contributed by atoms with Crippen molar-refractivity contribution in [3.05, 3.63) is 47.2 Å². The Labute approximate surface area is 139 Å².